The number of amides is 1. The lowest BCUT2D eigenvalue weighted by Gasteiger charge is -2.37. The Morgan fingerprint density at radius 1 is 1.29 bits per heavy atom. The van der Waals surface area contributed by atoms with E-state index < -0.39 is 5.54 Å². The van der Waals surface area contributed by atoms with Gasteiger partial charge in [0.15, 0.2) is 0 Å². The van der Waals surface area contributed by atoms with Crippen LogP contribution in [0.5, 0.6) is 0 Å². The molecule has 0 atom stereocenters. The molecule has 17 heavy (non-hydrogen) atoms. The quantitative estimate of drug-likeness (QED) is 0.763. The van der Waals surface area contributed by atoms with Gasteiger partial charge < -0.3 is 11.1 Å². The molecule has 0 aromatic rings. The summed E-state index contributed by atoms with van der Waals surface area (Å²) < 4.78 is 0. The maximum absolute atomic E-state index is 12.0. The van der Waals surface area contributed by atoms with Crippen LogP contribution in [0.25, 0.3) is 0 Å². The minimum Gasteiger partial charge on any atom is -0.391 e. The molecule has 0 aromatic carbocycles. The average molecular weight is 256 g/mol. The molecule has 3 nitrogen and oxygen atoms in total. The zero-order valence-electron chi connectivity index (χ0n) is 11.1. The van der Waals surface area contributed by atoms with Crippen LogP contribution in [0.15, 0.2) is 0 Å². The minimum atomic E-state index is -0.421. The van der Waals surface area contributed by atoms with E-state index in [-0.39, 0.29) is 11.3 Å². The lowest BCUT2D eigenvalue weighted by atomic mass is 9.81. The molecule has 0 unspecified atom stereocenters. The third kappa shape index (κ3) is 4.26. The van der Waals surface area contributed by atoms with Gasteiger partial charge in [0.05, 0.1) is 10.5 Å². The highest BCUT2D eigenvalue weighted by Gasteiger charge is 2.36. The number of carbonyl (C=O) groups excluding carboxylic acids is 1. The van der Waals surface area contributed by atoms with Crippen molar-refractivity contribution in [1.29, 1.82) is 0 Å². The summed E-state index contributed by atoms with van der Waals surface area (Å²) in [5, 5.41) is 3.08. The molecule has 1 saturated carbocycles. The normalized spacial score (nSPS) is 19.7. The molecule has 0 spiro atoms. The van der Waals surface area contributed by atoms with Crippen LogP contribution < -0.4 is 11.1 Å². The van der Waals surface area contributed by atoms with Gasteiger partial charge in [0, 0.05) is 6.42 Å². The molecule has 0 aromatic heterocycles. The molecule has 1 aliphatic carbocycles. The van der Waals surface area contributed by atoms with Gasteiger partial charge >= 0.3 is 0 Å². The number of nitrogens with one attached hydrogen (secondary N) is 1. The topological polar surface area (TPSA) is 55.1 Å². The Hall–Kier alpha value is -0.640. The highest BCUT2D eigenvalue weighted by molar-refractivity contribution is 7.80. The van der Waals surface area contributed by atoms with E-state index in [2.05, 4.69) is 26.1 Å². The van der Waals surface area contributed by atoms with Gasteiger partial charge in [0.1, 0.15) is 0 Å². The summed E-state index contributed by atoms with van der Waals surface area (Å²) in [6, 6.07) is 0. The van der Waals surface area contributed by atoms with Crippen LogP contribution in [-0.4, -0.2) is 16.4 Å². The monoisotopic (exact) mass is 256 g/mol. The molecule has 0 radical (unpaired) electrons. The number of thiocarbonyl (C=S) groups is 1. The van der Waals surface area contributed by atoms with Crippen molar-refractivity contribution in [3.63, 3.8) is 0 Å². The predicted molar refractivity (Wildman–Crippen MR) is 74.8 cm³/mol. The summed E-state index contributed by atoms with van der Waals surface area (Å²) in [7, 11) is 0. The summed E-state index contributed by atoms with van der Waals surface area (Å²) in [6.07, 6.45) is 5.67. The molecular weight excluding hydrogens is 232 g/mol. The van der Waals surface area contributed by atoms with Crippen LogP contribution in [0.2, 0.25) is 0 Å². The van der Waals surface area contributed by atoms with Crippen molar-refractivity contribution >= 4 is 23.1 Å². The van der Waals surface area contributed by atoms with E-state index in [4.69, 9.17) is 18.0 Å². The van der Waals surface area contributed by atoms with E-state index in [9.17, 15) is 4.79 Å². The Balaban J connectivity index is 2.67. The molecule has 0 bridgehead atoms. The molecular formula is C13H24N2OS. The Morgan fingerprint density at radius 3 is 2.24 bits per heavy atom. The van der Waals surface area contributed by atoms with Crippen LogP contribution in [0.4, 0.5) is 0 Å². The van der Waals surface area contributed by atoms with Gasteiger partial charge in [-0.1, -0.05) is 52.3 Å². The third-order valence-electron chi connectivity index (χ3n) is 3.25. The summed E-state index contributed by atoms with van der Waals surface area (Å²) in [5.41, 5.74) is 5.41. The molecule has 98 valence electrons. The average Bonchev–Trinajstić information content (AvgIpc) is 2.15. The smallest absolute Gasteiger partial charge is 0.221 e. The predicted octanol–water partition coefficient (Wildman–Crippen LogP) is 2.53. The number of hydrogen-bond donors (Lipinski definition) is 2. The fourth-order valence-electron chi connectivity index (χ4n) is 2.38. The standard InChI is InChI=1S/C13H24N2OS/c1-12(2,3)9-10(16)15-13(11(14)17)7-5-4-6-8-13/h4-9H2,1-3H3,(H2,14,17)(H,15,16). The first-order valence-corrected chi connectivity index (χ1v) is 6.77. The molecule has 1 rings (SSSR count). The number of hydrogen-bond acceptors (Lipinski definition) is 2. The molecule has 0 aliphatic heterocycles. The summed E-state index contributed by atoms with van der Waals surface area (Å²) in [5.74, 6) is 0.0622. The molecule has 4 heteroatoms. The first kappa shape index (κ1) is 14.4. The lowest BCUT2D eigenvalue weighted by molar-refractivity contribution is -0.124. The second-order valence-corrected chi connectivity index (χ2v) is 6.73. The number of carbonyl (C=O) groups is 1. The van der Waals surface area contributed by atoms with Gasteiger partial charge in [-0.3, -0.25) is 4.79 Å². The van der Waals surface area contributed by atoms with Crippen LogP contribution in [-0.2, 0) is 4.79 Å². The van der Waals surface area contributed by atoms with Crippen molar-refractivity contribution in [2.24, 2.45) is 11.1 Å². The van der Waals surface area contributed by atoms with Crippen molar-refractivity contribution in [3.05, 3.63) is 0 Å². The Bertz CT molecular complexity index is 301. The van der Waals surface area contributed by atoms with Gasteiger partial charge in [-0.25, -0.2) is 0 Å². The first-order valence-electron chi connectivity index (χ1n) is 6.36. The number of nitrogens with two attached hydrogens (primary N) is 1. The molecule has 1 amide bonds. The fraction of sp³-hybridized carbons (Fsp3) is 0.846. The Morgan fingerprint density at radius 2 is 1.82 bits per heavy atom. The van der Waals surface area contributed by atoms with Crippen molar-refractivity contribution in [3.8, 4) is 0 Å². The number of rotatable bonds is 3. The summed E-state index contributed by atoms with van der Waals surface area (Å²) in [6.45, 7) is 6.17. The zero-order valence-corrected chi connectivity index (χ0v) is 12.0. The Labute approximate surface area is 110 Å². The first-order chi connectivity index (χ1) is 7.75. The van der Waals surface area contributed by atoms with Crippen molar-refractivity contribution < 1.29 is 4.79 Å². The molecule has 0 saturated heterocycles. The second kappa shape index (κ2) is 5.34. The van der Waals surface area contributed by atoms with Gasteiger partial charge in [-0.15, -0.1) is 0 Å². The van der Waals surface area contributed by atoms with E-state index in [0.717, 1.165) is 25.7 Å². The molecule has 3 N–H and O–H groups in total. The van der Waals surface area contributed by atoms with Gasteiger partial charge in [-0.05, 0) is 18.3 Å². The maximum atomic E-state index is 12.0. The van der Waals surface area contributed by atoms with Crippen LogP contribution >= 0.6 is 12.2 Å². The van der Waals surface area contributed by atoms with Crippen LogP contribution in [0.1, 0.15) is 59.3 Å². The zero-order chi connectivity index (χ0) is 13.1. The van der Waals surface area contributed by atoms with Crippen LogP contribution in [0.3, 0.4) is 0 Å². The van der Waals surface area contributed by atoms with Crippen LogP contribution in [0, 0.1) is 5.41 Å². The Kier molecular flexibility index (Phi) is 4.53. The van der Waals surface area contributed by atoms with Gasteiger partial charge in [-0.2, -0.15) is 0 Å². The van der Waals surface area contributed by atoms with Crippen molar-refractivity contribution in [2.75, 3.05) is 0 Å². The lowest BCUT2D eigenvalue weighted by Crippen LogP contribution is -2.58. The van der Waals surface area contributed by atoms with Gasteiger partial charge in [0.2, 0.25) is 5.91 Å². The molecule has 1 fully saturated rings. The van der Waals surface area contributed by atoms with E-state index >= 15 is 0 Å². The third-order valence-corrected chi connectivity index (χ3v) is 3.64. The largest absolute Gasteiger partial charge is 0.391 e. The molecule has 0 heterocycles. The summed E-state index contributed by atoms with van der Waals surface area (Å²) in [4.78, 5) is 12.5. The fourth-order valence-corrected chi connectivity index (χ4v) is 2.64. The van der Waals surface area contributed by atoms with E-state index in [0.29, 0.717) is 11.4 Å². The van der Waals surface area contributed by atoms with Gasteiger partial charge in [0.25, 0.3) is 0 Å². The summed E-state index contributed by atoms with van der Waals surface area (Å²) >= 11 is 5.15. The van der Waals surface area contributed by atoms with E-state index in [1.807, 2.05) is 0 Å². The van der Waals surface area contributed by atoms with E-state index in [1.165, 1.54) is 6.42 Å². The molecule has 1 aliphatic rings. The van der Waals surface area contributed by atoms with Crippen molar-refractivity contribution in [1.82, 2.24) is 5.32 Å². The van der Waals surface area contributed by atoms with E-state index in [1.54, 1.807) is 0 Å². The SMILES string of the molecule is CC(C)(C)CC(=O)NC1(C(N)=S)CCCCC1. The minimum absolute atomic E-state index is 0.00381. The highest BCUT2D eigenvalue weighted by Crippen LogP contribution is 2.29. The van der Waals surface area contributed by atoms with Crippen molar-refractivity contribution in [2.45, 2.75) is 64.8 Å². The second-order valence-electron chi connectivity index (χ2n) is 6.29. The highest BCUT2D eigenvalue weighted by atomic mass is 32.1. The maximum Gasteiger partial charge on any atom is 0.221 e.